The molecule has 0 bridgehead atoms. The number of carbonyl (C=O) groups excluding carboxylic acids is 1. The fraction of sp³-hybridized carbons (Fsp3) is 0.556. The first kappa shape index (κ1) is 25.0. The molecule has 1 aromatic carbocycles. The lowest BCUT2D eigenvalue weighted by Crippen LogP contribution is -2.45. The summed E-state index contributed by atoms with van der Waals surface area (Å²) in [6.07, 6.45) is 7.36. The Hall–Kier alpha value is -2.65. The Kier molecular flexibility index (Phi) is 7.48. The molecule has 4 heterocycles. The maximum Gasteiger partial charge on any atom is 0.225 e. The van der Waals surface area contributed by atoms with Crippen LogP contribution in [0.1, 0.15) is 56.7 Å². The van der Waals surface area contributed by atoms with Crippen LogP contribution in [0.3, 0.4) is 0 Å². The van der Waals surface area contributed by atoms with Crippen LogP contribution in [0, 0.1) is 12.8 Å². The Labute approximate surface area is 217 Å². The smallest absolute Gasteiger partial charge is 0.225 e. The van der Waals surface area contributed by atoms with E-state index in [0.717, 1.165) is 74.6 Å². The second-order valence-electron chi connectivity index (χ2n) is 10.5. The Morgan fingerprint density at radius 2 is 1.78 bits per heavy atom. The molecule has 2 saturated heterocycles. The van der Waals surface area contributed by atoms with Crippen molar-refractivity contribution in [2.45, 2.75) is 69.4 Å². The van der Waals surface area contributed by atoms with E-state index < -0.39 is 0 Å². The molecule has 2 N–H and O–H groups in total. The van der Waals surface area contributed by atoms with Crippen molar-refractivity contribution in [3.05, 3.63) is 41.7 Å². The van der Waals surface area contributed by atoms with E-state index in [1.165, 1.54) is 11.1 Å². The Balaban J connectivity index is 1.18. The molecule has 5 rings (SSSR count). The monoisotopic (exact) mass is 507 g/mol. The van der Waals surface area contributed by atoms with Crippen LogP contribution in [0.4, 0.5) is 5.95 Å². The minimum atomic E-state index is 0.129. The number of aryl methyl sites for hydroxylation is 1. The van der Waals surface area contributed by atoms with Gasteiger partial charge in [-0.2, -0.15) is 0 Å². The minimum Gasteiger partial charge on any atom is -0.368 e. The van der Waals surface area contributed by atoms with Gasteiger partial charge in [-0.1, -0.05) is 31.7 Å². The Morgan fingerprint density at radius 3 is 2.44 bits per heavy atom. The number of hydrogen-bond acceptors (Lipinski definition) is 7. The molecule has 0 aliphatic carbocycles. The summed E-state index contributed by atoms with van der Waals surface area (Å²) in [5.74, 6) is 0.773. The number of hydrogen-bond donors (Lipinski definition) is 1. The summed E-state index contributed by atoms with van der Waals surface area (Å²) in [6.45, 7) is 10.9. The van der Waals surface area contributed by atoms with Gasteiger partial charge in [-0.25, -0.2) is 15.0 Å². The van der Waals surface area contributed by atoms with Crippen molar-refractivity contribution >= 4 is 34.7 Å². The van der Waals surface area contributed by atoms with E-state index in [1.807, 2.05) is 11.8 Å². The van der Waals surface area contributed by atoms with Gasteiger partial charge < -0.3 is 15.2 Å². The molecule has 1 amide bonds. The number of fused-ring (bicyclic) bond motifs is 1. The number of nitrogens with zero attached hydrogens (tertiary/aromatic N) is 6. The van der Waals surface area contributed by atoms with Crippen molar-refractivity contribution < 1.29 is 4.79 Å². The van der Waals surface area contributed by atoms with Gasteiger partial charge in [0.1, 0.15) is 0 Å². The number of benzene rings is 1. The molecule has 0 atom stereocenters. The number of carbonyl (C=O) groups is 1. The molecular weight excluding hydrogens is 470 g/mol. The Morgan fingerprint density at radius 1 is 1.08 bits per heavy atom. The molecule has 0 unspecified atom stereocenters. The van der Waals surface area contributed by atoms with Crippen molar-refractivity contribution in [3.63, 3.8) is 0 Å². The first-order valence-electron chi connectivity index (χ1n) is 13.1. The van der Waals surface area contributed by atoms with Gasteiger partial charge in [0.25, 0.3) is 0 Å². The average molecular weight is 508 g/mol. The van der Waals surface area contributed by atoms with Gasteiger partial charge in [-0.3, -0.25) is 9.69 Å². The van der Waals surface area contributed by atoms with Crippen molar-refractivity contribution in [1.29, 1.82) is 0 Å². The summed E-state index contributed by atoms with van der Waals surface area (Å²) >= 11 is 1.83. The second-order valence-corrected chi connectivity index (χ2v) is 12.0. The fourth-order valence-electron chi connectivity index (χ4n) is 5.48. The van der Waals surface area contributed by atoms with Crippen LogP contribution in [-0.2, 0) is 11.3 Å². The van der Waals surface area contributed by atoms with E-state index in [-0.39, 0.29) is 5.92 Å². The van der Waals surface area contributed by atoms with Gasteiger partial charge in [0.05, 0.1) is 11.0 Å². The highest BCUT2D eigenvalue weighted by molar-refractivity contribution is 7.99. The normalized spacial score (nSPS) is 18.4. The molecule has 2 aromatic heterocycles. The number of likely N-dealkylation sites (tertiary alicyclic amines) is 2. The predicted molar refractivity (Wildman–Crippen MR) is 145 cm³/mol. The number of nitrogens with two attached hydrogens (primary N) is 1. The van der Waals surface area contributed by atoms with E-state index in [4.69, 9.17) is 10.7 Å². The third-order valence-corrected chi connectivity index (χ3v) is 8.33. The first-order valence-corrected chi connectivity index (χ1v) is 14.0. The summed E-state index contributed by atoms with van der Waals surface area (Å²) in [6, 6.07) is 6.95. The molecule has 0 radical (unpaired) electrons. The van der Waals surface area contributed by atoms with Gasteiger partial charge in [-0.05, 0) is 63.4 Å². The highest BCUT2D eigenvalue weighted by Gasteiger charge is 2.32. The van der Waals surface area contributed by atoms with Gasteiger partial charge >= 0.3 is 0 Å². The predicted octanol–water partition coefficient (Wildman–Crippen LogP) is 4.29. The largest absolute Gasteiger partial charge is 0.368 e. The lowest BCUT2D eigenvalue weighted by Gasteiger charge is -2.38. The number of amides is 1. The van der Waals surface area contributed by atoms with Crippen LogP contribution in [0.5, 0.6) is 0 Å². The van der Waals surface area contributed by atoms with E-state index in [0.29, 0.717) is 23.1 Å². The molecule has 0 spiro atoms. The number of imidazole rings is 1. The van der Waals surface area contributed by atoms with Crippen LogP contribution in [-0.4, -0.2) is 66.7 Å². The van der Waals surface area contributed by atoms with Gasteiger partial charge in [0.15, 0.2) is 5.16 Å². The molecule has 2 aliphatic heterocycles. The van der Waals surface area contributed by atoms with Gasteiger partial charge in [-0.15, -0.1) is 0 Å². The van der Waals surface area contributed by atoms with E-state index in [1.54, 1.807) is 12.4 Å². The molecule has 2 fully saturated rings. The highest BCUT2D eigenvalue weighted by atomic mass is 32.2. The molecule has 2 aliphatic rings. The maximum absolute atomic E-state index is 13.4. The number of piperidine rings is 2. The summed E-state index contributed by atoms with van der Waals surface area (Å²) in [5.41, 5.74) is 10.2. The maximum atomic E-state index is 13.4. The third kappa shape index (κ3) is 5.52. The van der Waals surface area contributed by atoms with Crippen LogP contribution in [0.15, 0.2) is 35.7 Å². The number of thioether (sulfide) groups is 1. The summed E-state index contributed by atoms with van der Waals surface area (Å²) in [5, 5.41) is 1.58. The van der Waals surface area contributed by atoms with Crippen LogP contribution in [0.2, 0.25) is 0 Å². The SMILES string of the molecule is Cc1ccc2c(c1)nc(SC(C)C)n2C1CCN(C(=O)C2CCN(Cc3cnc(N)nc3)CC2)CC1. The quantitative estimate of drug-likeness (QED) is 0.498. The Bertz CT molecular complexity index is 1190. The number of nitrogen functional groups attached to an aromatic ring is 1. The summed E-state index contributed by atoms with van der Waals surface area (Å²) < 4.78 is 2.45. The van der Waals surface area contributed by atoms with Crippen LogP contribution >= 0.6 is 11.8 Å². The molecule has 36 heavy (non-hydrogen) atoms. The van der Waals surface area contributed by atoms with E-state index >= 15 is 0 Å². The summed E-state index contributed by atoms with van der Waals surface area (Å²) in [4.78, 5) is 31.0. The van der Waals surface area contributed by atoms with Crippen LogP contribution in [0.25, 0.3) is 11.0 Å². The first-order chi connectivity index (χ1) is 17.4. The zero-order valence-electron chi connectivity index (χ0n) is 21.6. The zero-order valence-corrected chi connectivity index (χ0v) is 22.4. The topological polar surface area (TPSA) is 93.2 Å². The highest BCUT2D eigenvalue weighted by Crippen LogP contribution is 2.35. The van der Waals surface area contributed by atoms with Crippen LogP contribution < -0.4 is 5.73 Å². The molecular formula is C27H37N7OS. The van der Waals surface area contributed by atoms with Gasteiger partial charge in [0.2, 0.25) is 11.9 Å². The zero-order chi connectivity index (χ0) is 25.2. The average Bonchev–Trinajstić information content (AvgIpc) is 3.21. The van der Waals surface area contributed by atoms with Gasteiger partial charge in [0, 0.05) is 54.8 Å². The summed E-state index contributed by atoms with van der Waals surface area (Å²) in [7, 11) is 0. The van der Waals surface area contributed by atoms with E-state index in [9.17, 15) is 4.79 Å². The molecule has 0 saturated carbocycles. The third-order valence-electron chi connectivity index (χ3n) is 7.36. The standard InChI is InChI=1S/C27H37N7OS/c1-18(2)36-27-31-23-14-19(3)4-5-24(23)34(27)22-8-12-33(13-9-22)25(35)21-6-10-32(11-7-21)17-20-15-29-26(28)30-16-20/h4-5,14-16,18,21-22H,6-13,17H2,1-3H3,(H2,28,29,30). The lowest BCUT2D eigenvalue weighted by molar-refractivity contribution is -0.138. The van der Waals surface area contributed by atoms with Crippen molar-refractivity contribution in [2.75, 3.05) is 31.9 Å². The second kappa shape index (κ2) is 10.8. The molecule has 8 nitrogen and oxygen atoms in total. The van der Waals surface area contributed by atoms with E-state index in [2.05, 4.69) is 63.3 Å². The minimum absolute atomic E-state index is 0.129. The number of aromatic nitrogens is 4. The van der Waals surface area contributed by atoms with Crippen molar-refractivity contribution in [1.82, 2.24) is 29.3 Å². The molecule has 9 heteroatoms. The van der Waals surface area contributed by atoms with Crippen molar-refractivity contribution in [3.8, 4) is 0 Å². The number of rotatable bonds is 6. The number of anilines is 1. The lowest BCUT2D eigenvalue weighted by atomic mass is 9.93. The van der Waals surface area contributed by atoms with Crippen molar-refractivity contribution in [2.24, 2.45) is 5.92 Å². The molecule has 192 valence electrons. The fourth-order valence-corrected chi connectivity index (χ4v) is 6.41. The molecule has 3 aromatic rings.